The third kappa shape index (κ3) is 9.18. The number of ether oxygens (including phenoxy) is 3. The quantitative estimate of drug-likeness (QED) is 0.162. The fraction of sp³-hybridized carbons (Fsp3) is 0.290. The van der Waals surface area contributed by atoms with Crippen LogP contribution in [0.5, 0.6) is 11.5 Å². The number of allylic oxidation sites excluding steroid dienone is 5. The van der Waals surface area contributed by atoms with Gasteiger partial charge in [0, 0.05) is 29.9 Å². The van der Waals surface area contributed by atoms with Gasteiger partial charge in [-0.3, -0.25) is 0 Å². The summed E-state index contributed by atoms with van der Waals surface area (Å²) >= 11 is 0. The minimum Gasteiger partial charge on any atom is -0.484 e. The first-order valence-electron chi connectivity index (χ1n) is 13.0. The molecule has 0 aliphatic carbocycles. The van der Waals surface area contributed by atoms with Crippen LogP contribution < -0.4 is 14.4 Å². The fourth-order valence-electron chi connectivity index (χ4n) is 3.77. The molecule has 3 aromatic rings. The summed E-state index contributed by atoms with van der Waals surface area (Å²) in [5.41, 5.74) is 3.37. The lowest BCUT2D eigenvalue weighted by Crippen LogP contribution is -2.25. The van der Waals surface area contributed by atoms with Gasteiger partial charge in [0.05, 0.1) is 6.26 Å². The fourth-order valence-corrected chi connectivity index (χ4v) is 3.77. The summed E-state index contributed by atoms with van der Waals surface area (Å²) in [6.45, 7) is 7.18. The summed E-state index contributed by atoms with van der Waals surface area (Å²) < 4.78 is 58.3. The number of aliphatic carboxylic acids is 1. The highest BCUT2D eigenvalue weighted by atomic mass is 19.4. The highest BCUT2D eigenvalue weighted by molar-refractivity contribution is 5.82. The summed E-state index contributed by atoms with van der Waals surface area (Å²) in [5, 5.41) is 8.83. The number of aryl methyl sites for hydroxylation is 1. The van der Waals surface area contributed by atoms with E-state index in [0.717, 1.165) is 17.3 Å². The molecule has 1 N–H and O–H groups in total. The van der Waals surface area contributed by atoms with E-state index in [1.54, 1.807) is 44.2 Å². The van der Waals surface area contributed by atoms with Crippen molar-refractivity contribution >= 4 is 17.2 Å². The summed E-state index contributed by atoms with van der Waals surface area (Å²) in [5.74, 6) is 0.385. The van der Waals surface area contributed by atoms with Crippen molar-refractivity contribution < 1.29 is 41.7 Å². The average Bonchev–Trinajstić information content (AvgIpc) is 3.36. The van der Waals surface area contributed by atoms with E-state index >= 15 is 0 Å². The molecule has 0 atom stereocenters. The topological polar surface area (TPSA) is 94.3 Å². The number of benzene rings is 2. The van der Waals surface area contributed by atoms with E-state index in [-0.39, 0.29) is 12.5 Å². The predicted octanol–water partition coefficient (Wildman–Crippen LogP) is 7.55. The lowest BCUT2D eigenvalue weighted by molar-refractivity contribution is -0.298. The Kier molecular flexibility index (Phi) is 10.8. The highest BCUT2D eigenvalue weighted by Crippen LogP contribution is 2.33. The Hall–Kier alpha value is -4.67. The predicted molar refractivity (Wildman–Crippen MR) is 153 cm³/mol. The van der Waals surface area contributed by atoms with Crippen LogP contribution in [-0.4, -0.2) is 42.1 Å². The molecule has 3 rings (SSSR count). The van der Waals surface area contributed by atoms with E-state index < -0.39 is 18.9 Å². The molecule has 0 bridgehead atoms. The van der Waals surface area contributed by atoms with Crippen molar-refractivity contribution in [2.45, 2.75) is 46.7 Å². The third-order valence-electron chi connectivity index (χ3n) is 6.02. The van der Waals surface area contributed by atoms with Gasteiger partial charge in [-0.2, -0.15) is 0 Å². The van der Waals surface area contributed by atoms with E-state index in [1.165, 1.54) is 6.08 Å². The standard InChI is InChI=1S/C31H33F3N2O6/c1-6-8-23(9-7-16-41-31(32,33)34)30-29(22-10-12-24(13-11-22)36(5)20(2)3)35-27(42-30)18-39-25-14-15-26(21(4)17-25)40-19-28(37)38/h6-17,20H,18-19H2,1-5H3,(H,37,38)/b8-6-,16-7+,23-9+. The Morgan fingerprint density at radius 3 is 2.45 bits per heavy atom. The molecule has 1 aromatic heterocycles. The third-order valence-corrected chi connectivity index (χ3v) is 6.02. The number of nitrogens with zero attached hydrogens (tertiary/aromatic N) is 2. The Balaban J connectivity index is 1.94. The van der Waals surface area contributed by atoms with Crippen molar-refractivity contribution in [1.29, 1.82) is 0 Å². The van der Waals surface area contributed by atoms with Crippen LogP contribution in [0.3, 0.4) is 0 Å². The number of oxazole rings is 1. The molecule has 1 heterocycles. The molecule has 8 nitrogen and oxygen atoms in total. The molecule has 0 radical (unpaired) electrons. The van der Waals surface area contributed by atoms with Crippen molar-refractivity contribution in [2.75, 3.05) is 18.6 Å². The van der Waals surface area contributed by atoms with Gasteiger partial charge >= 0.3 is 12.3 Å². The Morgan fingerprint density at radius 2 is 1.86 bits per heavy atom. The molecule has 0 fully saturated rings. The van der Waals surface area contributed by atoms with E-state index in [0.29, 0.717) is 46.4 Å². The molecule has 42 heavy (non-hydrogen) atoms. The summed E-state index contributed by atoms with van der Waals surface area (Å²) in [4.78, 5) is 17.6. The molecule has 0 saturated carbocycles. The van der Waals surface area contributed by atoms with Gasteiger partial charge in [0.25, 0.3) is 0 Å². The Morgan fingerprint density at radius 1 is 1.14 bits per heavy atom. The second kappa shape index (κ2) is 14.3. The van der Waals surface area contributed by atoms with E-state index in [1.807, 2.05) is 31.3 Å². The van der Waals surface area contributed by atoms with Crippen molar-refractivity contribution in [2.24, 2.45) is 0 Å². The number of rotatable bonds is 13. The lowest BCUT2D eigenvalue weighted by atomic mass is 10.0. The number of hydrogen-bond acceptors (Lipinski definition) is 7. The smallest absolute Gasteiger partial charge is 0.484 e. The summed E-state index contributed by atoms with van der Waals surface area (Å²) in [6, 6.07) is 12.9. The van der Waals surface area contributed by atoms with Gasteiger partial charge in [0.2, 0.25) is 5.89 Å². The normalized spacial score (nSPS) is 12.4. The zero-order chi connectivity index (χ0) is 30.9. The van der Waals surface area contributed by atoms with E-state index in [9.17, 15) is 18.0 Å². The molecule has 0 spiro atoms. The molecule has 0 saturated heterocycles. The first-order chi connectivity index (χ1) is 19.9. The van der Waals surface area contributed by atoms with Crippen LogP contribution in [0, 0.1) is 6.92 Å². The number of hydrogen-bond donors (Lipinski definition) is 1. The second-order valence-corrected chi connectivity index (χ2v) is 9.45. The van der Waals surface area contributed by atoms with E-state index in [4.69, 9.17) is 19.0 Å². The first-order valence-corrected chi connectivity index (χ1v) is 13.0. The number of carbonyl (C=O) groups is 1. The second-order valence-electron chi connectivity index (χ2n) is 9.45. The molecule has 2 aromatic carbocycles. The maximum Gasteiger partial charge on any atom is 0.572 e. The largest absolute Gasteiger partial charge is 0.572 e. The summed E-state index contributed by atoms with van der Waals surface area (Å²) in [7, 11) is 1.99. The zero-order valence-electron chi connectivity index (χ0n) is 23.9. The van der Waals surface area contributed by atoms with Gasteiger partial charge in [0.1, 0.15) is 17.2 Å². The van der Waals surface area contributed by atoms with Crippen LogP contribution >= 0.6 is 0 Å². The number of alkyl halides is 3. The van der Waals surface area contributed by atoms with Crippen LogP contribution in [-0.2, 0) is 16.1 Å². The van der Waals surface area contributed by atoms with Crippen molar-refractivity contribution in [3.05, 3.63) is 90.2 Å². The van der Waals surface area contributed by atoms with Crippen LogP contribution in [0.4, 0.5) is 18.9 Å². The van der Waals surface area contributed by atoms with E-state index in [2.05, 4.69) is 28.5 Å². The van der Waals surface area contributed by atoms with Crippen molar-refractivity contribution in [3.63, 3.8) is 0 Å². The van der Waals surface area contributed by atoms with Crippen LogP contribution in [0.1, 0.15) is 38.0 Å². The zero-order valence-corrected chi connectivity index (χ0v) is 23.9. The van der Waals surface area contributed by atoms with Gasteiger partial charge in [-0.25, -0.2) is 9.78 Å². The molecule has 0 aliphatic rings. The van der Waals surface area contributed by atoms with Gasteiger partial charge in [-0.1, -0.05) is 24.3 Å². The van der Waals surface area contributed by atoms with Crippen molar-refractivity contribution in [3.8, 4) is 22.8 Å². The number of halogens is 3. The first kappa shape index (κ1) is 31.9. The van der Waals surface area contributed by atoms with Crippen LogP contribution in [0.25, 0.3) is 16.8 Å². The van der Waals surface area contributed by atoms with Gasteiger partial charge in [0.15, 0.2) is 19.0 Å². The number of carboxylic acids is 1. The molecule has 0 unspecified atom stereocenters. The number of aromatic nitrogens is 1. The van der Waals surface area contributed by atoms with Crippen molar-refractivity contribution in [1.82, 2.24) is 4.98 Å². The monoisotopic (exact) mass is 586 g/mol. The molecule has 0 aliphatic heterocycles. The maximum absolute atomic E-state index is 12.4. The average molecular weight is 587 g/mol. The van der Waals surface area contributed by atoms with Crippen LogP contribution in [0.15, 0.2) is 77.4 Å². The Labute approximate surface area is 242 Å². The molecular weight excluding hydrogens is 553 g/mol. The highest BCUT2D eigenvalue weighted by Gasteiger charge is 2.28. The van der Waals surface area contributed by atoms with Gasteiger partial charge < -0.3 is 28.6 Å². The minimum atomic E-state index is -4.79. The minimum absolute atomic E-state index is 0.0495. The SMILES string of the molecule is C\C=C/C(=C\C=C\OC(F)(F)F)c1oc(COc2ccc(OCC(=O)O)c(C)c2)nc1-c1ccc(N(C)C(C)C)cc1. The van der Waals surface area contributed by atoms with Gasteiger partial charge in [-0.05, 0) is 75.7 Å². The number of anilines is 1. The summed E-state index contributed by atoms with van der Waals surface area (Å²) in [6.07, 6.45) is 1.73. The number of carboxylic acid groups (broad SMARTS) is 1. The van der Waals surface area contributed by atoms with Gasteiger partial charge in [-0.15, -0.1) is 13.2 Å². The molecular formula is C31H33F3N2O6. The molecule has 11 heteroatoms. The maximum atomic E-state index is 12.4. The lowest BCUT2D eigenvalue weighted by Gasteiger charge is -2.23. The van der Waals surface area contributed by atoms with Crippen LogP contribution in [0.2, 0.25) is 0 Å². The molecule has 224 valence electrons. The molecule has 0 amide bonds. The Bertz CT molecular complexity index is 1440.